The van der Waals surface area contributed by atoms with Gasteiger partial charge in [-0.05, 0) is 50.2 Å². The first kappa shape index (κ1) is 20.8. The molecule has 7 heteroatoms. The summed E-state index contributed by atoms with van der Waals surface area (Å²) in [6.07, 6.45) is 12.1. The number of nitrogens with one attached hydrogen (secondary N) is 2. The fourth-order valence-corrected chi connectivity index (χ4v) is 4.10. The van der Waals surface area contributed by atoms with E-state index in [4.69, 9.17) is 4.74 Å². The Balaban J connectivity index is 1.29. The van der Waals surface area contributed by atoms with Crippen LogP contribution < -0.4 is 15.5 Å². The number of halogens is 1. The Kier molecular flexibility index (Phi) is 6.37. The Bertz CT molecular complexity index is 836. The van der Waals surface area contributed by atoms with Gasteiger partial charge in [-0.3, -0.25) is 4.79 Å². The van der Waals surface area contributed by atoms with Gasteiger partial charge >= 0.3 is 0 Å². The van der Waals surface area contributed by atoms with Crippen LogP contribution in [0.2, 0.25) is 0 Å². The SMILES string of the molecule is CC(=O)NC(C)C1=CCC(OC2CCN(c3ccnc(NCC4CC4)c3F)C2)C=C1. The van der Waals surface area contributed by atoms with E-state index in [1.807, 2.05) is 13.0 Å². The Labute approximate surface area is 177 Å². The van der Waals surface area contributed by atoms with Crippen LogP contribution >= 0.6 is 0 Å². The molecule has 0 bridgehead atoms. The standard InChI is InChI=1S/C23H31FN4O2/c1-15(27-16(2)29)18-5-7-19(8-6-18)30-20-10-12-28(14-20)21-9-11-25-23(22(21)24)26-13-17-3-4-17/h5-7,9,11,15,17,19-20H,3-4,8,10,12-14H2,1-2H3,(H,25,26)(H,27,29). The highest BCUT2D eigenvalue weighted by Gasteiger charge is 2.29. The van der Waals surface area contributed by atoms with Crippen molar-refractivity contribution in [1.29, 1.82) is 0 Å². The van der Waals surface area contributed by atoms with Gasteiger partial charge in [-0.15, -0.1) is 0 Å². The smallest absolute Gasteiger partial charge is 0.217 e. The molecule has 3 unspecified atom stereocenters. The monoisotopic (exact) mass is 414 g/mol. The largest absolute Gasteiger partial charge is 0.369 e. The Morgan fingerprint density at radius 3 is 2.93 bits per heavy atom. The summed E-state index contributed by atoms with van der Waals surface area (Å²) in [7, 11) is 0. The summed E-state index contributed by atoms with van der Waals surface area (Å²) in [6, 6.07) is 1.75. The number of rotatable bonds is 8. The first-order chi connectivity index (χ1) is 14.5. The molecular formula is C23H31FN4O2. The summed E-state index contributed by atoms with van der Waals surface area (Å²) in [5.74, 6) is 0.718. The van der Waals surface area contributed by atoms with Gasteiger partial charge in [0.05, 0.1) is 23.9 Å². The number of carbonyl (C=O) groups excluding carboxylic acids is 1. The molecule has 0 spiro atoms. The molecule has 2 fully saturated rings. The molecular weight excluding hydrogens is 383 g/mol. The summed E-state index contributed by atoms with van der Waals surface area (Å²) in [4.78, 5) is 17.5. The second-order valence-electron chi connectivity index (χ2n) is 8.57. The molecule has 2 aliphatic carbocycles. The molecule has 3 aliphatic rings. The molecule has 2 heterocycles. The lowest BCUT2D eigenvalue weighted by Crippen LogP contribution is -2.32. The predicted octanol–water partition coefficient (Wildman–Crippen LogP) is 3.42. The van der Waals surface area contributed by atoms with E-state index in [1.54, 1.807) is 12.3 Å². The number of pyridine rings is 1. The Morgan fingerprint density at radius 2 is 2.23 bits per heavy atom. The van der Waals surface area contributed by atoms with Crippen LogP contribution in [0, 0.1) is 11.7 Å². The van der Waals surface area contributed by atoms with Gasteiger partial charge in [-0.2, -0.15) is 0 Å². The highest BCUT2D eigenvalue weighted by Crippen LogP contribution is 2.31. The molecule has 30 heavy (non-hydrogen) atoms. The van der Waals surface area contributed by atoms with Crippen LogP contribution in [0.3, 0.4) is 0 Å². The maximum Gasteiger partial charge on any atom is 0.217 e. The molecule has 1 saturated heterocycles. The molecule has 6 nitrogen and oxygen atoms in total. The summed E-state index contributed by atoms with van der Waals surface area (Å²) in [6.45, 7) is 5.74. The lowest BCUT2D eigenvalue weighted by molar-refractivity contribution is -0.119. The van der Waals surface area contributed by atoms with Crippen LogP contribution in [0.4, 0.5) is 15.9 Å². The minimum Gasteiger partial charge on any atom is -0.369 e. The third-order valence-electron chi connectivity index (χ3n) is 5.99. The van der Waals surface area contributed by atoms with Crippen LogP contribution in [-0.2, 0) is 9.53 Å². The van der Waals surface area contributed by atoms with E-state index in [0.717, 1.165) is 31.5 Å². The van der Waals surface area contributed by atoms with Crippen molar-refractivity contribution in [3.63, 3.8) is 0 Å². The average Bonchev–Trinajstić information content (AvgIpc) is 3.44. The molecule has 1 aromatic rings. The van der Waals surface area contributed by atoms with Gasteiger partial charge < -0.3 is 20.3 Å². The molecule has 3 atom stereocenters. The quantitative estimate of drug-likeness (QED) is 0.682. The Hall–Kier alpha value is -2.41. The zero-order valence-electron chi connectivity index (χ0n) is 17.7. The second-order valence-corrected chi connectivity index (χ2v) is 8.57. The van der Waals surface area contributed by atoms with E-state index in [9.17, 15) is 9.18 Å². The maximum atomic E-state index is 14.9. The van der Waals surface area contributed by atoms with Gasteiger partial charge in [0, 0.05) is 32.8 Å². The number of aromatic nitrogens is 1. The van der Waals surface area contributed by atoms with Crippen molar-refractivity contribution in [2.45, 2.75) is 57.8 Å². The van der Waals surface area contributed by atoms with Crippen molar-refractivity contribution in [3.05, 3.63) is 41.9 Å². The fourth-order valence-electron chi connectivity index (χ4n) is 4.10. The van der Waals surface area contributed by atoms with Crippen molar-refractivity contribution in [2.75, 3.05) is 29.9 Å². The van der Waals surface area contributed by atoms with E-state index in [-0.39, 0.29) is 30.0 Å². The molecule has 1 saturated carbocycles. The topological polar surface area (TPSA) is 66.5 Å². The number of carbonyl (C=O) groups is 1. The van der Waals surface area contributed by atoms with E-state index >= 15 is 0 Å². The number of nitrogens with zero attached hydrogens (tertiary/aromatic N) is 2. The molecule has 1 aliphatic heterocycles. The zero-order chi connectivity index (χ0) is 21.1. The van der Waals surface area contributed by atoms with Crippen LogP contribution in [0.15, 0.2) is 36.1 Å². The van der Waals surface area contributed by atoms with Crippen molar-refractivity contribution < 1.29 is 13.9 Å². The number of anilines is 2. The van der Waals surface area contributed by atoms with Gasteiger partial charge in [-0.1, -0.05) is 18.2 Å². The molecule has 1 aromatic heterocycles. The minimum absolute atomic E-state index is 0.000873. The van der Waals surface area contributed by atoms with Gasteiger partial charge in [0.25, 0.3) is 0 Å². The van der Waals surface area contributed by atoms with E-state index < -0.39 is 0 Å². The summed E-state index contributed by atoms with van der Waals surface area (Å²) >= 11 is 0. The van der Waals surface area contributed by atoms with Gasteiger partial charge in [0.15, 0.2) is 11.6 Å². The molecule has 0 aromatic carbocycles. The summed E-state index contributed by atoms with van der Waals surface area (Å²) in [5, 5.41) is 6.06. The summed E-state index contributed by atoms with van der Waals surface area (Å²) < 4.78 is 21.2. The highest BCUT2D eigenvalue weighted by molar-refractivity contribution is 5.73. The Morgan fingerprint density at radius 1 is 1.40 bits per heavy atom. The minimum atomic E-state index is -0.268. The molecule has 2 N–H and O–H groups in total. The molecule has 4 rings (SSSR count). The lowest BCUT2D eigenvalue weighted by atomic mass is 9.99. The van der Waals surface area contributed by atoms with Crippen molar-refractivity contribution >= 4 is 17.4 Å². The van der Waals surface area contributed by atoms with Gasteiger partial charge in [0.2, 0.25) is 5.91 Å². The van der Waals surface area contributed by atoms with E-state index in [2.05, 4.69) is 32.7 Å². The first-order valence-corrected chi connectivity index (χ1v) is 10.9. The highest BCUT2D eigenvalue weighted by atomic mass is 19.1. The maximum absolute atomic E-state index is 14.9. The van der Waals surface area contributed by atoms with Crippen LogP contribution in [-0.4, -0.2) is 48.8 Å². The van der Waals surface area contributed by atoms with Crippen molar-refractivity contribution in [1.82, 2.24) is 10.3 Å². The van der Waals surface area contributed by atoms with Crippen LogP contribution in [0.5, 0.6) is 0 Å². The van der Waals surface area contributed by atoms with Crippen LogP contribution in [0.25, 0.3) is 0 Å². The fraction of sp³-hybridized carbons (Fsp3) is 0.565. The number of ether oxygens (including phenoxy) is 1. The first-order valence-electron chi connectivity index (χ1n) is 10.9. The third kappa shape index (κ3) is 5.19. The van der Waals surface area contributed by atoms with Crippen LogP contribution in [0.1, 0.15) is 39.5 Å². The average molecular weight is 415 g/mol. The normalized spacial score (nSPS) is 24.5. The third-order valence-corrected chi connectivity index (χ3v) is 5.99. The van der Waals surface area contributed by atoms with Crippen molar-refractivity contribution in [2.24, 2.45) is 5.92 Å². The molecule has 0 radical (unpaired) electrons. The number of amides is 1. The number of hydrogen-bond donors (Lipinski definition) is 2. The molecule has 1 amide bonds. The second kappa shape index (κ2) is 9.16. The molecule has 162 valence electrons. The lowest BCUT2D eigenvalue weighted by Gasteiger charge is -2.24. The van der Waals surface area contributed by atoms with Gasteiger partial charge in [-0.25, -0.2) is 9.37 Å². The summed E-state index contributed by atoms with van der Waals surface area (Å²) in [5.41, 5.74) is 1.70. The number of hydrogen-bond acceptors (Lipinski definition) is 5. The predicted molar refractivity (Wildman–Crippen MR) is 116 cm³/mol. The van der Waals surface area contributed by atoms with E-state index in [0.29, 0.717) is 24.0 Å². The zero-order valence-corrected chi connectivity index (χ0v) is 17.7. The van der Waals surface area contributed by atoms with E-state index in [1.165, 1.54) is 19.8 Å². The van der Waals surface area contributed by atoms with Gasteiger partial charge in [0.1, 0.15) is 0 Å². The van der Waals surface area contributed by atoms with Crippen molar-refractivity contribution in [3.8, 4) is 0 Å².